The van der Waals surface area contributed by atoms with Crippen molar-refractivity contribution in [2.45, 2.75) is 49.9 Å². The van der Waals surface area contributed by atoms with Gasteiger partial charge in [0.1, 0.15) is 5.60 Å². The van der Waals surface area contributed by atoms with Crippen LogP contribution in [0.25, 0.3) is 0 Å². The Morgan fingerprint density at radius 3 is 2.91 bits per heavy atom. The molecule has 11 heavy (non-hydrogen) atoms. The molecule has 0 radical (unpaired) electrons. The normalized spacial score (nSPS) is 54.5. The van der Waals surface area contributed by atoms with Crippen molar-refractivity contribution < 1.29 is 9.47 Å². The first-order valence-corrected chi connectivity index (χ1v) is 4.71. The zero-order valence-electron chi connectivity index (χ0n) is 6.71. The Bertz CT molecular complexity index is 178. The predicted octanol–water partition coefficient (Wildman–Crippen LogP) is 1.49. The quantitative estimate of drug-likeness (QED) is 0.493. The van der Waals surface area contributed by atoms with Gasteiger partial charge >= 0.3 is 0 Å². The SMILES string of the molecule is C1CC2OCCCC23OC3C1. The molecule has 2 heteroatoms. The van der Waals surface area contributed by atoms with Crippen LogP contribution >= 0.6 is 0 Å². The Kier molecular flexibility index (Phi) is 1.16. The lowest BCUT2D eigenvalue weighted by Crippen LogP contribution is -2.41. The molecule has 2 aliphatic heterocycles. The maximum Gasteiger partial charge on any atom is 0.121 e. The van der Waals surface area contributed by atoms with Crippen LogP contribution in [0.2, 0.25) is 0 Å². The summed E-state index contributed by atoms with van der Waals surface area (Å²) >= 11 is 0. The molecule has 0 N–H and O–H groups in total. The zero-order valence-corrected chi connectivity index (χ0v) is 6.71. The minimum absolute atomic E-state index is 0.219. The molecular weight excluding hydrogens is 140 g/mol. The van der Waals surface area contributed by atoms with Gasteiger partial charge < -0.3 is 9.47 Å². The zero-order chi connectivity index (χ0) is 7.31. The third-order valence-corrected chi connectivity index (χ3v) is 3.36. The van der Waals surface area contributed by atoms with E-state index in [1.165, 1.54) is 32.1 Å². The molecule has 0 aromatic rings. The molecule has 0 bridgehead atoms. The van der Waals surface area contributed by atoms with Crippen molar-refractivity contribution in [1.29, 1.82) is 0 Å². The van der Waals surface area contributed by atoms with Gasteiger partial charge in [-0.25, -0.2) is 0 Å². The van der Waals surface area contributed by atoms with Crippen LogP contribution in [0, 0.1) is 0 Å². The fraction of sp³-hybridized carbons (Fsp3) is 1.00. The maximum absolute atomic E-state index is 5.74. The summed E-state index contributed by atoms with van der Waals surface area (Å²) in [6, 6.07) is 0. The van der Waals surface area contributed by atoms with Crippen LogP contribution in [0.4, 0.5) is 0 Å². The summed E-state index contributed by atoms with van der Waals surface area (Å²) in [6.45, 7) is 0.961. The van der Waals surface area contributed by atoms with Gasteiger partial charge in [-0.3, -0.25) is 0 Å². The summed E-state index contributed by atoms with van der Waals surface area (Å²) in [4.78, 5) is 0. The smallest absolute Gasteiger partial charge is 0.121 e. The molecule has 2 nitrogen and oxygen atoms in total. The van der Waals surface area contributed by atoms with Crippen LogP contribution in [-0.4, -0.2) is 24.4 Å². The number of hydrogen-bond donors (Lipinski definition) is 0. The molecule has 3 aliphatic rings. The van der Waals surface area contributed by atoms with Gasteiger partial charge in [0.2, 0.25) is 0 Å². The van der Waals surface area contributed by atoms with Crippen molar-refractivity contribution in [3.05, 3.63) is 0 Å². The van der Waals surface area contributed by atoms with E-state index in [2.05, 4.69) is 0 Å². The second kappa shape index (κ2) is 1.99. The average molecular weight is 154 g/mol. The first-order chi connectivity index (χ1) is 5.42. The molecule has 1 spiro atoms. The minimum Gasteiger partial charge on any atom is -0.375 e. The lowest BCUT2D eigenvalue weighted by Gasteiger charge is -2.32. The molecule has 62 valence electrons. The monoisotopic (exact) mass is 154 g/mol. The molecule has 2 saturated heterocycles. The van der Waals surface area contributed by atoms with E-state index < -0.39 is 0 Å². The molecule has 3 unspecified atom stereocenters. The summed E-state index contributed by atoms with van der Waals surface area (Å²) in [5, 5.41) is 0. The molecule has 1 saturated carbocycles. The fourth-order valence-corrected chi connectivity index (χ4v) is 2.73. The summed E-state index contributed by atoms with van der Waals surface area (Å²) in [6.07, 6.45) is 7.29. The topological polar surface area (TPSA) is 21.8 Å². The Balaban J connectivity index is 1.84. The van der Waals surface area contributed by atoms with E-state index in [1.54, 1.807) is 0 Å². The molecule has 1 aliphatic carbocycles. The molecule has 0 aromatic heterocycles. The highest BCUT2D eigenvalue weighted by molar-refractivity contribution is 5.11. The van der Waals surface area contributed by atoms with Gasteiger partial charge in [0, 0.05) is 6.61 Å². The minimum atomic E-state index is 0.219. The summed E-state index contributed by atoms with van der Waals surface area (Å²) in [7, 11) is 0. The van der Waals surface area contributed by atoms with Gasteiger partial charge in [0.05, 0.1) is 12.2 Å². The van der Waals surface area contributed by atoms with Gasteiger partial charge in [0.15, 0.2) is 0 Å². The number of epoxide rings is 1. The molecular formula is C9H14O2. The first kappa shape index (κ1) is 6.44. The van der Waals surface area contributed by atoms with Crippen molar-refractivity contribution in [2.75, 3.05) is 6.61 Å². The molecule has 3 atom stereocenters. The second-order valence-electron chi connectivity index (χ2n) is 3.96. The molecule has 0 aromatic carbocycles. The van der Waals surface area contributed by atoms with E-state index in [1.807, 2.05) is 0 Å². The highest BCUT2D eigenvalue weighted by Crippen LogP contribution is 2.53. The summed E-state index contributed by atoms with van der Waals surface area (Å²) < 4.78 is 11.4. The van der Waals surface area contributed by atoms with Crippen molar-refractivity contribution in [2.24, 2.45) is 0 Å². The highest BCUT2D eigenvalue weighted by atomic mass is 16.6. The van der Waals surface area contributed by atoms with E-state index in [0.29, 0.717) is 12.2 Å². The van der Waals surface area contributed by atoms with Gasteiger partial charge in [-0.05, 0) is 32.1 Å². The van der Waals surface area contributed by atoms with Crippen LogP contribution in [0.3, 0.4) is 0 Å². The van der Waals surface area contributed by atoms with Crippen LogP contribution in [0.15, 0.2) is 0 Å². The van der Waals surface area contributed by atoms with Gasteiger partial charge in [-0.2, -0.15) is 0 Å². The Morgan fingerprint density at radius 2 is 2.00 bits per heavy atom. The van der Waals surface area contributed by atoms with Crippen molar-refractivity contribution in [3.63, 3.8) is 0 Å². The van der Waals surface area contributed by atoms with E-state index in [4.69, 9.17) is 9.47 Å². The van der Waals surface area contributed by atoms with E-state index in [0.717, 1.165) is 6.61 Å². The van der Waals surface area contributed by atoms with Crippen molar-refractivity contribution >= 4 is 0 Å². The maximum atomic E-state index is 5.74. The van der Waals surface area contributed by atoms with Gasteiger partial charge in [0.25, 0.3) is 0 Å². The van der Waals surface area contributed by atoms with Crippen LogP contribution in [0.1, 0.15) is 32.1 Å². The van der Waals surface area contributed by atoms with Crippen molar-refractivity contribution in [3.8, 4) is 0 Å². The van der Waals surface area contributed by atoms with E-state index in [9.17, 15) is 0 Å². The van der Waals surface area contributed by atoms with Crippen LogP contribution in [-0.2, 0) is 9.47 Å². The van der Waals surface area contributed by atoms with E-state index in [-0.39, 0.29) is 5.60 Å². The predicted molar refractivity (Wildman–Crippen MR) is 40.4 cm³/mol. The first-order valence-electron chi connectivity index (χ1n) is 4.71. The largest absolute Gasteiger partial charge is 0.375 e. The molecule has 0 amide bonds. The Hall–Kier alpha value is -0.0800. The van der Waals surface area contributed by atoms with Crippen LogP contribution < -0.4 is 0 Å². The lowest BCUT2D eigenvalue weighted by atomic mass is 9.82. The third-order valence-electron chi connectivity index (χ3n) is 3.36. The summed E-state index contributed by atoms with van der Waals surface area (Å²) in [5.41, 5.74) is 0.219. The fourth-order valence-electron chi connectivity index (χ4n) is 2.73. The lowest BCUT2D eigenvalue weighted by molar-refractivity contribution is -0.0496. The Labute approximate surface area is 66.9 Å². The summed E-state index contributed by atoms with van der Waals surface area (Å²) in [5.74, 6) is 0. The molecule has 2 heterocycles. The number of ether oxygens (including phenoxy) is 2. The van der Waals surface area contributed by atoms with Gasteiger partial charge in [-0.15, -0.1) is 0 Å². The Morgan fingerprint density at radius 1 is 1.09 bits per heavy atom. The van der Waals surface area contributed by atoms with Gasteiger partial charge in [-0.1, -0.05) is 0 Å². The highest BCUT2D eigenvalue weighted by Gasteiger charge is 2.63. The van der Waals surface area contributed by atoms with Crippen molar-refractivity contribution in [1.82, 2.24) is 0 Å². The molecule has 3 fully saturated rings. The molecule has 3 rings (SSSR count). The second-order valence-corrected chi connectivity index (χ2v) is 3.96. The van der Waals surface area contributed by atoms with E-state index >= 15 is 0 Å². The standard InChI is InChI=1S/C9H14O2/c1-3-7-9(5-2-6-10-7)8(4-1)11-9/h7-8H,1-6H2. The number of rotatable bonds is 0. The third kappa shape index (κ3) is 0.744. The average Bonchev–Trinajstić information content (AvgIpc) is 2.75. The van der Waals surface area contributed by atoms with Crippen LogP contribution in [0.5, 0.6) is 0 Å². The number of hydrogen-bond acceptors (Lipinski definition) is 2.